The Morgan fingerprint density at radius 1 is 1.18 bits per heavy atom. The van der Waals surface area contributed by atoms with Gasteiger partial charge in [0, 0.05) is 6.07 Å². The maximum absolute atomic E-state index is 13.9. The van der Waals surface area contributed by atoms with E-state index >= 15 is 0 Å². The van der Waals surface area contributed by atoms with Gasteiger partial charge in [0.05, 0.1) is 11.2 Å². The Kier molecular flexibility index (Phi) is 4.00. The van der Waals surface area contributed by atoms with E-state index in [1.165, 1.54) is 12.1 Å². The number of nitrogens with zero attached hydrogens (tertiary/aromatic N) is 3. The van der Waals surface area contributed by atoms with Crippen LogP contribution in [0.25, 0.3) is 11.0 Å². The number of nitrogens with one attached hydrogen (secondary N) is 1. The predicted octanol–water partition coefficient (Wildman–Crippen LogP) is 4.12. The van der Waals surface area contributed by atoms with Gasteiger partial charge in [-0.15, -0.1) is 5.10 Å². The Balaban J connectivity index is 1.96. The van der Waals surface area contributed by atoms with Gasteiger partial charge in [0.15, 0.2) is 0 Å². The van der Waals surface area contributed by atoms with Crippen molar-refractivity contribution in [3.8, 4) is 0 Å². The third kappa shape index (κ3) is 2.77. The molecule has 0 saturated carbocycles. The number of aromatic nitrogens is 3. The first kappa shape index (κ1) is 14.4. The van der Waals surface area contributed by atoms with Gasteiger partial charge in [-0.3, -0.25) is 0 Å². The molecule has 0 fully saturated rings. The van der Waals surface area contributed by atoms with Gasteiger partial charge in [0.25, 0.3) is 0 Å². The molecule has 1 atom stereocenters. The third-order valence-corrected chi connectivity index (χ3v) is 3.49. The molecule has 1 heterocycles. The van der Waals surface area contributed by atoms with Crippen molar-refractivity contribution in [2.24, 2.45) is 0 Å². The van der Waals surface area contributed by atoms with Gasteiger partial charge in [-0.25, -0.2) is 13.5 Å². The van der Waals surface area contributed by atoms with Gasteiger partial charge in [0.1, 0.15) is 23.3 Å². The van der Waals surface area contributed by atoms with E-state index in [9.17, 15) is 8.78 Å². The largest absolute Gasteiger partial charge is 0.361 e. The van der Waals surface area contributed by atoms with Crippen LogP contribution in [0, 0.1) is 11.6 Å². The van der Waals surface area contributed by atoms with Crippen LogP contribution in [0.4, 0.5) is 14.5 Å². The Morgan fingerprint density at radius 2 is 2.00 bits per heavy atom. The fraction of sp³-hybridized carbons (Fsp3) is 0.250. The van der Waals surface area contributed by atoms with Crippen LogP contribution in [0.2, 0.25) is 0 Å². The minimum Gasteiger partial charge on any atom is -0.361 e. The Morgan fingerprint density at radius 3 is 2.77 bits per heavy atom. The number of hydrogen-bond acceptors (Lipinski definition) is 3. The van der Waals surface area contributed by atoms with Gasteiger partial charge >= 0.3 is 0 Å². The smallest absolute Gasteiger partial charge is 0.149 e. The second kappa shape index (κ2) is 6.09. The molecule has 4 nitrogen and oxygen atoms in total. The highest BCUT2D eigenvalue weighted by atomic mass is 19.1. The summed E-state index contributed by atoms with van der Waals surface area (Å²) in [4.78, 5) is 0. The average molecular weight is 302 g/mol. The van der Waals surface area contributed by atoms with Gasteiger partial charge in [0.2, 0.25) is 0 Å². The first-order valence-corrected chi connectivity index (χ1v) is 7.20. The quantitative estimate of drug-likeness (QED) is 0.771. The van der Waals surface area contributed by atoms with Gasteiger partial charge in [-0.2, -0.15) is 0 Å². The van der Waals surface area contributed by atoms with Crippen molar-refractivity contribution in [1.82, 2.24) is 15.0 Å². The molecule has 0 amide bonds. The highest BCUT2D eigenvalue weighted by Crippen LogP contribution is 2.24. The van der Waals surface area contributed by atoms with Crippen LogP contribution in [0.1, 0.15) is 25.9 Å². The van der Waals surface area contributed by atoms with E-state index in [0.717, 1.165) is 29.9 Å². The lowest BCUT2D eigenvalue weighted by molar-refractivity contribution is 0.463. The number of rotatable bonds is 5. The van der Waals surface area contributed by atoms with Crippen LogP contribution < -0.4 is 5.32 Å². The second-order valence-corrected chi connectivity index (χ2v) is 5.10. The maximum atomic E-state index is 13.9. The standard InChI is InChI=1S/C16H16F2N4/c1-2-5-16(19-13-9-8-11(17)10-12(13)18)22-15-7-4-3-6-14(15)20-21-22/h3-4,6-10,16,19H,2,5H2,1H3. The summed E-state index contributed by atoms with van der Waals surface area (Å²) in [6, 6.07) is 11.1. The van der Waals surface area contributed by atoms with Gasteiger partial charge < -0.3 is 5.32 Å². The summed E-state index contributed by atoms with van der Waals surface area (Å²) in [6.07, 6.45) is 1.37. The minimum atomic E-state index is -0.620. The lowest BCUT2D eigenvalue weighted by Gasteiger charge is -2.20. The highest BCUT2D eigenvalue weighted by molar-refractivity contribution is 5.74. The summed E-state index contributed by atoms with van der Waals surface area (Å²) in [5, 5.41) is 11.4. The van der Waals surface area contributed by atoms with Crippen LogP contribution in [0.3, 0.4) is 0 Å². The molecule has 3 aromatic rings. The topological polar surface area (TPSA) is 42.7 Å². The molecule has 0 spiro atoms. The molecule has 1 unspecified atom stereocenters. The average Bonchev–Trinajstić information content (AvgIpc) is 2.93. The lowest BCUT2D eigenvalue weighted by Crippen LogP contribution is -2.20. The van der Waals surface area contributed by atoms with Crippen molar-refractivity contribution in [3.05, 3.63) is 54.1 Å². The van der Waals surface area contributed by atoms with Crippen molar-refractivity contribution >= 4 is 16.7 Å². The molecule has 6 heteroatoms. The van der Waals surface area contributed by atoms with Crippen molar-refractivity contribution < 1.29 is 8.78 Å². The van der Waals surface area contributed by atoms with E-state index < -0.39 is 11.6 Å². The molecule has 0 bridgehead atoms. The summed E-state index contributed by atoms with van der Waals surface area (Å²) < 4.78 is 28.6. The van der Waals surface area contributed by atoms with E-state index in [2.05, 4.69) is 15.6 Å². The number of benzene rings is 2. The van der Waals surface area contributed by atoms with Crippen LogP contribution in [-0.2, 0) is 0 Å². The van der Waals surface area contributed by atoms with Crippen molar-refractivity contribution in [3.63, 3.8) is 0 Å². The second-order valence-electron chi connectivity index (χ2n) is 5.10. The number of halogens is 2. The number of anilines is 1. The normalized spacial score (nSPS) is 12.5. The SMILES string of the molecule is CCCC(Nc1ccc(F)cc1F)n1nnc2ccccc21. The maximum Gasteiger partial charge on any atom is 0.149 e. The van der Waals surface area contributed by atoms with Gasteiger partial charge in [-0.05, 0) is 30.7 Å². The first-order valence-electron chi connectivity index (χ1n) is 7.20. The third-order valence-electron chi connectivity index (χ3n) is 3.49. The highest BCUT2D eigenvalue weighted by Gasteiger charge is 2.16. The number of hydrogen-bond donors (Lipinski definition) is 1. The summed E-state index contributed by atoms with van der Waals surface area (Å²) in [5.41, 5.74) is 1.90. The lowest BCUT2D eigenvalue weighted by atomic mass is 10.2. The molecule has 0 aliphatic carbocycles. The summed E-state index contributed by atoms with van der Waals surface area (Å²) >= 11 is 0. The van der Waals surface area contributed by atoms with Crippen LogP contribution in [0.5, 0.6) is 0 Å². The molecule has 0 aliphatic heterocycles. The Bertz CT molecular complexity index is 785. The molecule has 0 aliphatic rings. The monoisotopic (exact) mass is 302 g/mol. The molecule has 1 aromatic heterocycles. The summed E-state index contributed by atoms with van der Waals surface area (Å²) in [7, 11) is 0. The Hall–Kier alpha value is -2.50. The van der Waals surface area contributed by atoms with E-state index in [4.69, 9.17) is 0 Å². The van der Waals surface area contributed by atoms with Gasteiger partial charge in [-0.1, -0.05) is 30.7 Å². The molecular weight excluding hydrogens is 286 g/mol. The molecule has 0 radical (unpaired) electrons. The number of fused-ring (bicyclic) bond motifs is 1. The van der Waals surface area contributed by atoms with E-state index in [1.807, 2.05) is 31.2 Å². The molecule has 114 valence electrons. The zero-order valence-corrected chi connectivity index (χ0v) is 12.1. The van der Waals surface area contributed by atoms with Crippen LogP contribution >= 0.6 is 0 Å². The molecule has 22 heavy (non-hydrogen) atoms. The van der Waals surface area contributed by atoms with Crippen molar-refractivity contribution in [2.75, 3.05) is 5.32 Å². The Labute approximate surface area is 126 Å². The van der Waals surface area contributed by atoms with E-state index in [1.54, 1.807) is 4.68 Å². The fourth-order valence-corrected chi connectivity index (χ4v) is 2.43. The molecular formula is C16H16F2N4. The molecule has 3 rings (SSSR count). The number of para-hydroxylation sites is 1. The first-order chi connectivity index (χ1) is 10.7. The zero-order chi connectivity index (χ0) is 15.5. The minimum absolute atomic E-state index is 0.249. The van der Waals surface area contributed by atoms with Crippen LogP contribution in [-0.4, -0.2) is 15.0 Å². The van der Waals surface area contributed by atoms with Crippen molar-refractivity contribution in [2.45, 2.75) is 25.9 Å². The fourth-order valence-electron chi connectivity index (χ4n) is 2.43. The zero-order valence-electron chi connectivity index (χ0n) is 12.1. The van der Waals surface area contributed by atoms with Crippen LogP contribution in [0.15, 0.2) is 42.5 Å². The summed E-state index contributed by atoms with van der Waals surface area (Å²) in [6.45, 7) is 2.04. The molecule has 2 aromatic carbocycles. The summed E-state index contributed by atoms with van der Waals surface area (Å²) in [5.74, 6) is -1.22. The van der Waals surface area contributed by atoms with Crippen molar-refractivity contribution in [1.29, 1.82) is 0 Å². The molecule has 0 saturated heterocycles. The van der Waals surface area contributed by atoms with E-state index in [0.29, 0.717) is 0 Å². The predicted molar refractivity (Wildman–Crippen MR) is 81.5 cm³/mol. The van der Waals surface area contributed by atoms with E-state index in [-0.39, 0.29) is 11.9 Å². The molecule has 1 N–H and O–H groups in total.